The van der Waals surface area contributed by atoms with Crippen molar-refractivity contribution in [1.82, 2.24) is 14.2 Å². The van der Waals surface area contributed by atoms with Crippen LogP contribution in [-0.2, 0) is 21.2 Å². The minimum atomic E-state index is -3.47. The lowest BCUT2D eigenvalue weighted by Gasteiger charge is -2.18. The number of sulfonamides is 1. The standard InChI is InChI=1S/C21H27N3O3S/c1-4-24(5-2)28(26,27)20-12-9-18(10-13-20)11-14-21(25)23(3)17-15-19-8-6-7-16-22-19/h6-14,16H,4-5,15,17H2,1-3H3/b14-11+. The van der Waals surface area contributed by atoms with E-state index in [1.807, 2.05) is 32.0 Å². The summed E-state index contributed by atoms with van der Waals surface area (Å²) in [6, 6.07) is 12.3. The molecular weight excluding hydrogens is 374 g/mol. The summed E-state index contributed by atoms with van der Waals surface area (Å²) in [4.78, 5) is 18.4. The van der Waals surface area contributed by atoms with Gasteiger partial charge in [0, 0.05) is 51.1 Å². The Kier molecular flexibility index (Phi) is 7.90. The average molecular weight is 402 g/mol. The van der Waals surface area contributed by atoms with E-state index >= 15 is 0 Å². The van der Waals surface area contributed by atoms with Gasteiger partial charge in [-0.05, 0) is 35.9 Å². The van der Waals surface area contributed by atoms with Gasteiger partial charge in [0.15, 0.2) is 0 Å². The fraction of sp³-hybridized carbons (Fsp3) is 0.333. The number of hydrogen-bond acceptors (Lipinski definition) is 4. The van der Waals surface area contributed by atoms with Crippen molar-refractivity contribution in [2.45, 2.75) is 25.2 Å². The monoisotopic (exact) mass is 401 g/mol. The quantitative estimate of drug-likeness (QED) is 0.606. The molecule has 1 heterocycles. The summed E-state index contributed by atoms with van der Waals surface area (Å²) in [5.74, 6) is -0.115. The highest BCUT2D eigenvalue weighted by Crippen LogP contribution is 2.16. The zero-order chi connectivity index (χ0) is 20.6. The van der Waals surface area contributed by atoms with Gasteiger partial charge in [0.25, 0.3) is 0 Å². The van der Waals surface area contributed by atoms with Gasteiger partial charge < -0.3 is 4.90 Å². The van der Waals surface area contributed by atoms with E-state index in [-0.39, 0.29) is 10.8 Å². The number of aromatic nitrogens is 1. The van der Waals surface area contributed by atoms with Crippen LogP contribution in [0, 0.1) is 0 Å². The molecule has 6 nitrogen and oxygen atoms in total. The second-order valence-electron chi connectivity index (χ2n) is 6.32. The van der Waals surface area contributed by atoms with E-state index < -0.39 is 10.0 Å². The molecule has 0 saturated heterocycles. The molecular formula is C21H27N3O3S. The van der Waals surface area contributed by atoms with E-state index in [1.165, 1.54) is 10.4 Å². The van der Waals surface area contributed by atoms with Crippen LogP contribution in [0.2, 0.25) is 0 Å². The van der Waals surface area contributed by atoms with Crippen LogP contribution >= 0.6 is 0 Å². The number of likely N-dealkylation sites (N-methyl/N-ethyl adjacent to an activating group) is 1. The number of pyridine rings is 1. The van der Waals surface area contributed by atoms with Crippen LogP contribution in [0.1, 0.15) is 25.1 Å². The van der Waals surface area contributed by atoms with Crippen molar-refractivity contribution in [3.05, 3.63) is 66.0 Å². The lowest BCUT2D eigenvalue weighted by atomic mass is 10.2. The Morgan fingerprint density at radius 3 is 2.32 bits per heavy atom. The van der Waals surface area contributed by atoms with Crippen LogP contribution in [0.4, 0.5) is 0 Å². The summed E-state index contributed by atoms with van der Waals surface area (Å²) >= 11 is 0. The summed E-state index contributed by atoms with van der Waals surface area (Å²) in [6.07, 6.45) is 5.61. The molecule has 1 amide bonds. The van der Waals surface area contributed by atoms with E-state index in [2.05, 4.69) is 4.98 Å². The molecule has 1 aromatic carbocycles. The minimum Gasteiger partial charge on any atom is -0.342 e. The third kappa shape index (κ3) is 5.74. The number of benzene rings is 1. The Morgan fingerprint density at radius 2 is 1.75 bits per heavy atom. The first kappa shape index (κ1) is 21.8. The van der Waals surface area contributed by atoms with E-state index in [0.717, 1.165) is 11.3 Å². The molecule has 0 aliphatic heterocycles. The van der Waals surface area contributed by atoms with Gasteiger partial charge in [0.05, 0.1) is 4.90 Å². The van der Waals surface area contributed by atoms with Gasteiger partial charge in [-0.15, -0.1) is 0 Å². The zero-order valence-corrected chi connectivity index (χ0v) is 17.4. The van der Waals surface area contributed by atoms with Crippen molar-refractivity contribution in [3.63, 3.8) is 0 Å². The van der Waals surface area contributed by atoms with Crippen molar-refractivity contribution in [3.8, 4) is 0 Å². The van der Waals surface area contributed by atoms with Gasteiger partial charge in [-0.3, -0.25) is 9.78 Å². The molecule has 0 aliphatic rings. The minimum absolute atomic E-state index is 0.115. The maximum atomic E-state index is 12.5. The van der Waals surface area contributed by atoms with Crippen LogP contribution in [0.15, 0.2) is 59.6 Å². The molecule has 0 unspecified atom stereocenters. The van der Waals surface area contributed by atoms with Crippen molar-refractivity contribution >= 4 is 22.0 Å². The zero-order valence-electron chi connectivity index (χ0n) is 16.6. The Hall–Kier alpha value is -2.51. The first-order valence-corrected chi connectivity index (χ1v) is 10.8. The SMILES string of the molecule is CCN(CC)S(=O)(=O)c1ccc(/C=C/C(=O)N(C)CCc2ccccn2)cc1. The molecule has 0 radical (unpaired) electrons. The van der Waals surface area contributed by atoms with Crippen LogP contribution in [0.5, 0.6) is 0 Å². The predicted octanol–water partition coefficient (Wildman–Crippen LogP) is 2.83. The number of amides is 1. The van der Waals surface area contributed by atoms with Gasteiger partial charge >= 0.3 is 0 Å². The van der Waals surface area contributed by atoms with Crippen LogP contribution in [0.3, 0.4) is 0 Å². The fourth-order valence-electron chi connectivity index (χ4n) is 2.70. The molecule has 2 rings (SSSR count). The largest absolute Gasteiger partial charge is 0.342 e. The van der Waals surface area contributed by atoms with Crippen molar-refractivity contribution in [1.29, 1.82) is 0 Å². The molecule has 0 fully saturated rings. The van der Waals surface area contributed by atoms with E-state index in [9.17, 15) is 13.2 Å². The number of carbonyl (C=O) groups excluding carboxylic acids is 1. The Bertz CT molecular complexity index is 890. The molecule has 0 bridgehead atoms. The number of rotatable bonds is 9. The molecule has 0 spiro atoms. The van der Waals surface area contributed by atoms with Gasteiger partial charge in [-0.25, -0.2) is 8.42 Å². The highest BCUT2D eigenvalue weighted by Gasteiger charge is 2.20. The average Bonchev–Trinajstić information content (AvgIpc) is 2.72. The van der Waals surface area contributed by atoms with Gasteiger partial charge in [-0.1, -0.05) is 32.0 Å². The van der Waals surface area contributed by atoms with Gasteiger partial charge in [0.1, 0.15) is 0 Å². The smallest absolute Gasteiger partial charge is 0.246 e. The summed E-state index contributed by atoms with van der Waals surface area (Å²) in [7, 11) is -1.72. The van der Waals surface area contributed by atoms with Gasteiger partial charge in [-0.2, -0.15) is 4.31 Å². The molecule has 0 atom stereocenters. The number of nitrogens with zero attached hydrogens (tertiary/aromatic N) is 3. The second kappa shape index (κ2) is 10.1. The normalized spacial score (nSPS) is 11.9. The van der Waals surface area contributed by atoms with E-state index in [1.54, 1.807) is 48.5 Å². The highest BCUT2D eigenvalue weighted by atomic mass is 32.2. The van der Waals surface area contributed by atoms with Gasteiger partial charge in [0.2, 0.25) is 15.9 Å². The third-order valence-corrected chi connectivity index (χ3v) is 6.51. The summed E-state index contributed by atoms with van der Waals surface area (Å²) in [6.45, 7) is 5.06. The first-order chi connectivity index (χ1) is 13.4. The maximum absolute atomic E-state index is 12.5. The maximum Gasteiger partial charge on any atom is 0.246 e. The second-order valence-corrected chi connectivity index (χ2v) is 8.26. The summed E-state index contributed by atoms with van der Waals surface area (Å²) in [5, 5.41) is 0. The molecule has 150 valence electrons. The molecule has 7 heteroatoms. The van der Waals surface area contributed by atoms with E-state index in [4.69, 9.17) is 0 Å². The summed E-state index contributed by atoms with van der Waals surface area (Å²) in [5.41, 5.74) is 1.71. The Labute approximate surface area is 167 Å². The predicted molar refractivity (Wildman–Crippen MR) is 111 cm³/mol. The molecule has 1 aromatic heterocycles. The molecule has 0 saturated carbocycles. The van der Waals surface area contributed by atoms with Crippen LogP contribution < -0.4 is 0 Å². The number of carbonyl (C=O) groups is 1. The lowest BCUT2D eigenvalue weighted by molar-refractivity contribution is -0.124. The highest BCUT2D eigenvalue weighted by molar-refractivity contribution is 7.89. The molecule has 0 N–H and O–H groups in total. The molecule has 0 aliphatic carbocycles. The van der Waals surface area contributed by atoms with Crippen LogP contribution in [-0.4, -0.2) is 55.2 Å². The van der Waals surface area contributed by atoms with E-state index in [0.29, 0.717) is 26.1 Å². The summed E-state index contributed by atoms with van der Waals surface area (Å²) < 4.78 is 26.4. The topological polar surface area (TPSA) is 70.6 Å². The van der Waals surface area contributed by atoms with Crippen molar-refractivity contribution in [2.24, 2.45) is 0 Å². The first-order valence-electron chi connectivity index (χ1n) is 9.31. The Morgan fingerprint density at radius 1 is 1.07 bits per heavy atom. The fourth-order valence-corrected chi connectivity index (χ4v) is 4.15. The van der Waals surface area contributed by atoms with Crippen molar-refractivity contribution in [2.75, 3.05) is 26.7 Å². The molecule has 2 aromatic rings. The molecule has 28 heavy (non-hydrogen) atoms. The number of hydrogen-bond donors (Lipinski definition) is 0. The third-order valence-electron chi connectivity index (χ3n) is 4.45. The lowest BCUT2D eigenvalue weighted by Crippen LogP contribution is -2.30. The van der Waals surface area contributed by atoms with Crippen LogP contribution in [0.25, 0.3) is 6.08 Å². The Balaban J connectivity index is 1.97. The van der Waals surface area contributed by atoms with Crippen molar-refractivity contribution < 1.29 is 13.2 Å².